The van der Waals surface area contributed by atoms with E-state index in [1.807, 2.05) is 36.4 Å². The molecule has 2 N–H and O–H groups in total. The molecule has 3 aromatic rings. The molecule has 0 spiro atoms. The first-order valence-corrected chi connectivity index (χ1v) is 13.1. The summed E-state index contributed by atoms with van der Waals surface area (Å²) in [7, 11) is -4.01. The zero-order valence-corrected chi connectivity index (χ0v) is 19.4. The Hall–Kier alpha value is -2.49. The van der Waals surface area contributed by atoms with Crippen LogP contribution in [0.3, 0.4) is 0 Å². The van der Waals surface area contributed by atoms with E-state index < -0.39 is 20.7 Å². The molecule has 5 rings (SSSR count). The molecule has 0 amide bonds. The summed E-state index contributed by atoms with van der Waals surface area (Å²) in [5.41, 5.74) is 2.19. The van der Waals surface area contributed by atoms with Crippen molar-refractivity contribution in [1.29, 1.82) is 0 Å². The van der Waals surface area contributed by atoms with E-state index >= 15 is 0 Å². The predicted molar refractivity (Wildman–Crippen MR) is 128 cm³/mol. The lowest BCUT2D eigenvalue weighted by Crippen LogP contribution is -2.21. The molecule has 2 aromatic carbocycles. The summed E-state index contributed by atoms with van der Waals surface area (Å²) >= 11 is 1.25. The Bertz CT molecular complexity index is 1010. The first-order valence-electron chi connectivity index (χ1n) is 10.6. The molecule has 3 heterocycles. The molecule has 0 bridgehead atoms. The molecule has 174 valence electrons. The summed E-state index contributed by atoms with van der Waals surface area (Å²) < 4.78 is 46.0. The number of aryl methyl sites for hydroxylation is 1. The van der Waals surface area contributed by atoms with Gasteiger partial charge >= 0.3 is 0 Å². The average Bonchev–Trinajstić information content (AvgIpc) is 3.34. The zero-order valence-electron chi connectivity index (χ0n) is 17.8. The van der Waals surface area contributed by atoms with Crippen LogP contribution >= 0.6 is 11.3 Å². The first-order chi connectivity index (χ1) is 15.6. The molecular formula is C23H30FN3O3S2. The number of anilines is 1. The van der Waals surface area contributed by atoms with Crippen molar-refractivity contribution in [2.45, 2.75) is 37.0 Å². The van der Waals surface area contributed by atoms with Crippen LogP contribution in [-0.2, 0) is 16.4 Å². The summed E-state index contributed by atoms with van der Waals surface area (Å²) in [5, 5.41) is 4.82. The molecular weight excluding hydrogens is 449 g/mol. The Balaban J connectivity index is 0.000000242. The average molecular weight is 480 g/mol. The zero-order chi connectivity index (χ0) is 22.7. The maximum absolute atomic E-state index is 14.0. The number of fused-ring (bicyclic) bond motifs is 1. The highest BCUT2D eigenvalue weighted by atomic mass is 32.2. The van der Waals surface area contributed by atoms with Gasteiger partial charge in [-0.3, -0.25) is 4.72 Å². The minimum absolute atomic E-state index is 0. The van der Waals surface area contributed by atoms with Crippen molar-refractivity contribution in [3.8, 4) is 5.75 Å². The van der Waals surface area contributed by atoms with E-state index in [-0.39, 0.29) is 7.24 Å². The van der Waals surface area contributed by atoms with Crippen molar-refractivity contribution >= 4 is 27.2 Å². The number of aromatic nitrogens is 1. The fourth-order valence-corrected chi connectivity index (χ4v) is 4.83. The lowest BCUT2D eigenvalue weighted by Gasteiger charge is -2.18. The second-order valence-electron chi connectivity index (χ2n) is 7.29. The van der Waals surface area contributed by atoms with Crippen molar-refractivity contribution < 1.29 is 19.0 Å². The maximum atomic E-state index is 14.0. The van der Waals surface area contributed by atoms with E-state index in [0.29, 0.717) is 24.3 Å². The Labute approximate surface area is 194 Å². The van der Waals surface area contributed by atoms with Gasteiger partial charge in [0.2, 0.25) is 0 Å². The van der Waals surface area contributed by atoms with Gasteiger partial charge in [0.05, 0.1) is 12.1 Å². The predicted octanol–water partition coefficient (Wildman–Crippen LogP) is 5.10. The van der Waals surface area contributed by atoms with Gasteiger partial charge in [0.15, 0.2) is 5.82 Å². The Morgan fingerprint density at radius 1 is 1.03 bits per heavy atom. The molecule has 0 saturated carbocycles. The Morgan fingerprint density at radius 3 is 2.25 bits per heavy atom. The van der Waals surface area contributed by atoms with Crippen LogP contribution in [0.1, 0.15) is 32.7 Å². The topological polar surface area (TPSA) is 80.3 Å². The largest absolute Gasteiger partial charge is 0.493 e. The van der Waals surface area contributed by atoms with Gasteiger partial charge in [-0.25, -0.2) is 17.8 Å². The van der Waals surface area contributed by atoms with Crippen LogP contribution in [0.25, 0.3) is 0 Å². The summed E-state index contributed by atoms with van der Waals surface area (Å²) in [6, 6.07) is 14.5. The van der Waals surface area contributed by atoms with Gasteiger partial charge in [-0.1, -0.05) is 42.8 Å². The van der Waals surface area contributed by atoms with Gasteiger partial charge < -0.3 is 10.1 Å². The van der Waals surface area contributed by atoms with E-state index in [4.69, 9.17) is 4.74 Å². The van der Waals surface area contributed by atoms with Gasteiger partial charge in [-0.05, 0) is 50.4 Å². The molecule has 2 aliphatic heterocycles. The number of piperidine rings is 1. The summed E-state index contributed by atoms with van der Waals surface area (Å²) in [4.78, 5) is 3.39. The van der Waals surface area contributed by atoms with Crippen molar-refractivity contribution in [3.63, 3.8) is 0 Å². The lowest BCUT2D eigenvalue weighted by molar-refractivity contribution is 0.286. The highest BCUT2D eigenvalue weighted by Gasteiger charge is 2.24. The summed E-state index contributed by atoms with van der Waals surface area (Å²) in [6.07, 6.45) is 5.70. The monoisotopic (exact) mass is 479 g/mol. The van der Waals surface area contributed by atoms with E-state index in [0.717, 1.165) is 6.42 Å². The van der Waals surface area contributed by atoms with Gasteiger partial charge in [0.25, 0.3) is 10.0 Å². The fourth-order valence-electron chi connectivity index (χ4n) is 3.20. The van der Waals surface area contributed by atoms with Crippen molar-refractivity contribution in [1.82, 2.24) is 10.3 Å². The van der Waals surface area contributed by atoms with Crippen molar-refractivity contribution in [2.75, 3.05) is 24.4 Å². The van der Waals surface area contributed by atoms with Crippen molar-refractivity contribution in [2.24, 2.45) is 0 Å². The minimum Gasteiger partial charge on any atom is -0.493 e. The lowest BCUT2D eigenvalue weighted by atomic mass is 10.1. The Kier molecular flexibility index (Phi) is 9.45. The number of benzene rings is 2. The molecule has 1 fully saturated rings. The number of halogens is 1. The number of thiazole rings is 1. The molecule has 0 atom stereocenters. The highest BCUT2D eigenvalue weighted by Crippen LogP contribution is 2.30. The van der Waals surface area contributed by atoms with Gasteiger partial charge in [0.1, 0.15) is 16.5 Å². The number of ether oxygens (including phenoxy) is 1. The molecule has 0 radical (unpaired) electrons. The third-order valence-electron chi connectivity index (χ3n) is 4.80. The van der Waals surface area contributed by atoms with E-state index in [1.165, 1.54) is 66.7 Å². The smallest absolute Gasteiger partial charge is 0.266 e. The molecule has 9 heteroatoms. The minimum atomic E-state index is -4.01. The summed E-state index contributed by atoms with van der Waals surface area (Å²) in [5.74, 6) is -0.179. The van der Waals surface area contributed by atoms with Gasteiger partial charge in [-0.15, -0.1) is 11.3 Å². The fraction of sp³-hybridized carbons (Fsp3) is 0.348. The van der Waals surface area contributed by atoms with E-state index in [9.17, 15) is 12.8 Å². The Morgan fingerprint density at radius 2 is 1.72 bits per heavy atom. The number of nitrogens with zero attached hydrogens (tertiary/aromatic N) is 1. The van der Waals surface area contributed by atoms with Crippen LogP contribution in [-0.4, -0.2) is 33.1 Å². The normalized spacial score (nSPS) is 15.0. The van der Waals surface area contributed by atoms with Crippen LogP contribution in [0.5, 0.6) is 5.75 Å². The number of hydrogen-bond acceptors (Lipinski definition) is 6. The second kappa shape index (κ2) is 12.5. The van der Waals surface area contributed by atoms with Crippen LogP contribution in [0.15, 0.2) is 64.3 Å². The second-order valence-corrected chi connectivity index (χ2v) is 9.66. The molecule has 1 saturated heterocycles. The first kappa shape index (κ1) is 24.2. The van der Waals surface area contributed by atoms with Crippen molar-refractivity contribution in [3.05, 3.63) is 70.8 Å². The summed E-state index contributed by atoms with van der Waals surface area (Å²) in [6.45, 7) is 3.01. The third-order valence-corrected chi connectivity index (χ3v) is 6.75. The van der Waals surface area contributed by atoms with E-state index in [1.54, 1.807) is 0 Å². The van der Waals surface area contributed by atoms with Gasteiger partial charge in [0, 0.05) is 12.9 Å². The molecule has 6 nitrogen and oxygen atoms in total. The maximum Gasteiger partial charge on any atom is 0.266 e. The molecule has 0 unspecified atom stereocenters. The number of sulfonamides is 1. The van der Waals surface area contributed by atoms with Crippen LogP contribution < -0.4 is 14.8 Å². The molecule has 32 heavy (non-hydrogen) atoms. The number of hydrogen-bond donors (Lipinski definition) is 2. The molecule has 2 aliphatic rings. The quantitative estimate of drug-likeness (QED) is 0.546. The third kappa shape index (κ3) is 7.58. The van der Waals surface area contributed by atoms with Gasteiger partial charge in [-0.2, -0.15) is 0 Å². The number of rotatable bonds is 3. The van der Waals surface area contributed by atoms with E-state index in [2.05, 4.69) is 15.0 Å². The molecule has 1 aromatic heterocycles. The molecule has 0 aliphatic carbocycles. The van der Waals surface area contributed by atoms with Crippen LogP contribution in [0.4, 0.5) is 10.2 Å². The van der Waals surface area contributed by atoms with Crippen LogP contribution in [0, 0.1) is 5.82 Å². The standard InChI is InChI=1S/C12H11FN2O3S2.C6H6.C5H11N.H2/c13-9-4-8-2-1-3-18-10(8)5-11(9)20(16,17)15-12-6-19-7-14-12;2*1-2-4-6-5-3-1;/h4-7,15H,1-3H2;1-6H;6H,1-5H2;1H. The van der Waals surface area contributed by atoms with Crippen LogP contribution in [0.2, 0.25) is 0 Å². The number of nitrogens with one attached hydrogen (secondary N) is 2. The SMILES string of the molecule is C1CCNCC1.O=S(=O)(Nc1cscn1)c1cc2c(cc1F)CCCO2.[HH].c1ccccc1. The highest BCUT2D eigenvalue weighted by molar-refractivity contribution is 7.92.